The summed E-state index contributed by atoms with van der Waals surface area (Å²) in [6.45, 7) is 5.35. The van der Waals surface area contributed by atoms with Crippen LogP contribution < -0.4 is 5.32 Å². The topological polar surface area (TPSA) is 37.8 Å². The summed E-state index contributed by atoms with van der Waals surface area (Å²) in [6, 6.07) is 2.00. The van der Waals surface area contributed by atoms with Crippen LogP contribution >= 0.6 is 0 Å². The lowest BCUT2D eigenvalue weighted by Gasteiger charge is -2.21. The molecule has 17 heavy (non-hydrogen) atoms. The monoisotopic (exact) mass is 233 g/mol. The van der Waals surface area contributed by atoms with Crippen molar-refractivity contribution in [3.63, 3.8) is 0 Å². The quantitative estimate of drug-likeness (QED) is 0.863. The largest absolute Gasteiger partial charge is 0.354 e. The molecular weight excluding hydrogens is 210 g/mol. The molecule has 1 aromatic rings. The van der Waals surface area contributed by atoms with Crippen LogP contribution in [0.3, 0.4) is 0 Å². The summed E-state index contributed by atoms with van der Waals surface area (Å²) in [6.07, 6.45) is 8.76. The highest BCUT2D eigenvalue weighted by Crippen LogP contribution is 2.23. The van der Waals surface area contributed by atoms with Crippen LogP contribution in [0.15, 0.2) is 12.3 Å². The molecule has 1 fully saturated rings. The summed E-state index contributed by atoms with van der Waals surface area (Å²) in [4.78, 5) is 8.82. The Labute approximate surface area is 104 Å². The van der Waals surface area contributed by atoms with Gasteiger partial charge in [0.25, 0.3) is 0 Å². The number of aromatic nitrogens is 2. The van der Waals surface area contributed by atoms with Crippen molar-refractivity contribution in [2.24, 2.45) is 5.92 Å². The highest BCUT2D eigenvalue weighted by Gasteiger charge is 2.13. The van der Waals surface area contributed by atoms with Gasteiger partial charge in [0.15, 0.2) is 0 Å². The molecule has 0 unspecified atom stereocenters. The number of nitrogens with one attached hydrogen (secondary N) is 1. The Hall–Kier alpha value is -1.12. The second-order valence-electron chi connectivity index (χ2n) is 5.34. The van der Waals surface area contributed by atoms with Gasteiger partial charge in [-0.1, -0.05) is 33.1 Å². The molecule has 0 aliphatic heterocycles. The third kappa shape index (κ3) is 3.69. The molecule has 3 nitrogen and oxygen atoms in total. The van der Waals surface area contributed by atoms with Crippen molar-refractivity contribution in [2.75, 3.05) is 11.9 Å². The molecule has 0 saturated heterocycles. The van der Waals surface area contributed by atoms with Gasteiger partial charge in [-0.15, -0.1) is 0 Å². The molecule has 0 radical (unpaired) electrons. The van der Waals surface area contributed by atoms with Crippen molar-refractivity contribution in [2.45, 2.75) is 51.9 Å². The summed E-state index contributed by atoms with van der Waals surface area (Å²) in [7, 11) is 0. The predicted molar refractivity (Wildman–Crippen MR) is 71.2 cm³/mol. The van der Waals surface area contributed by atoms with E-state index in [0.717, 1.165) is 24.1 Å². The standard InChI is InChI=1S/C14H23N3/c1-11(2)13-8-9-15-14(17-13)16-10-12-6-4-3-5-7-12/h8-9,11-12H,3-7,10H2,1-2H3,(H,15,16,17). The van der Waals surface area contributed by atoms with E-state index in [1.54, 1.807) is 0 Å². The van der Waals surface area contributed by atoms with E-state index in [-0.39, 0.29) is 0 Å². The SMILES string of the molecule is CC(C)c1ccnc(NCC2CCCCC2)n1. The first-order valence-electron chi connectivity index (χ1n) is 6.82. The number of hydrogen-bond donors (Lipinski definition) is 1. The first-order chi connectivity index (χ1) is 8.25. The van der Waals surface area contributed by atoms with Crippen LogP contribution in [0.5, 0.6) is 0 Å². The van der Waals surface area contributed by atoms with Crippen molar-refractivity contribution in [1.29, 1.82) is 0 Å². The molecule has 0 aromatic carbocycles. The molecule has 1 aromatic heterocycles. The second-order valence-corrected chi connectivity index (χ2v) is 5.34. The van der Waals surface area contributed by atoms with Gasteiger partial charge in [-0.05, 0) is 30.7 Å². The zero-order valence-corrected chi connectivity index (χ0v) is 10.9. The van der Waals surface area contributed by atoms with Crippen molar-refractivity contribution in [3.8, 4) is 0 Å². The van der Waals surface area contributed by atoms with Gasteiger partial charge in [-0.2, -0.15) is 0 Å². The van der Waals surface area contributed by atoms with E-state index >= 15 is 0 Å². The van der Waals surface area contributed by atoms with Crippen LogP contribution in [0.2, 0.25) is 0 Å². The lowest BCUT2D eigenvalue weighted by molar-refractivity contribution is 0.373. The molecule has 0 amide bonds. The first-order valence-corrected chi connectivity index (χ1v) is 6.82. The normalized spacial score (nSPS) is 17.4. The first kappa shape index (κ1) is 12.3. The van der Waals surface area contributed by atoms with Crippen molar-refractivity contribution >= 4 is 5.95 Å². The van der Waals surface area contributed by atoms with E-state index in [1.807, 2.05) is 12.3 Å². The highest BCUT2D eigenvalue weighted by atomic mass is 15.1. The summed E-state index contributed by atoms with van der Waals surface area (Å²) in [5.41, 5.74) is 1.12. The maximum absolute atomic E-state index is 4.53. The molecule has 1 aliphatic carbocycles. The minimum Gasteiger partial charge on any atom is -0.354 e. The molecule has 1 saturated carbocycles. The van der Waals surface area contributed by atoms with E-state index in [1.165, 1.54) is 32.1 Å². The molecular formula is C14H23N3. The smallest absolute Gasteiger partial charge is 0.222 e. The Kier molecular flexibility index (Phi) is 4.35. The Morgan fingerprint density at radius 1 is 1.29 bits per heavy atom. The molecule has 0 spiro atoms. The minimum absolute atomic E-state index is 0.466. The van der Waals surface area contributed by atoms with Crippen LogP contribution in [0, 0.1) is 5.92 Å². The predicted octanol–water partition coefficient (Wildman–Crippen LogP) is 3.59. The van der Waals surface area contributed by atoms with E-state index < -0.39 is 0 Å². The van der Waals surface area contributed by atoms with Crippen molar-refractivity contribution in [3.05, 3.63) is 18.0 Å². The maximum atomic E-state index is 4.53. The summed E-state index contributed by atoms with van der Waals surface area (Å²) >= 11 is 0. The van der Waals surface area contributed by atoms with Gasteiger partial charge in [0.05, 0.1) is 0 Å². The second kappa shape index (κ2) is 5.99. The summed E-state index contributed by atoms with van der Waals surface area (Å²) in [5.74, 6) is 2.07. The average Bonchev–Trinajstić information content (AvgIpc) is 2.38. The Morgan fingerprint density at radius 3 is 2.76 bits per heavy atom. The zero-order chi connectivity index (χ0) is 12.1. The number of hydrogen-bond acceptors (Lipinski definition) is 3. The van der Waals surface area contributed by atoms with E-state index in [4.69, 9.17) is 0 Å². The lowest BCUT2D eigenvalue weighted by atomic mass is 9.89. The third-order valence-electron chi connectivity index (χ3n) is 3.54. The Balaban J connectivity index is 1.87. The number of anilines is 1. The molecule has 1 aliphatic rings. The van der Waals surface area contributed by atoms with Crippen LogP contribution in [0.1, 0.15) is 57.6 Å². The fourth-order valence-corrected chi connectivity index (χ4v) is 2.41. The van der Waals surface area contributed by atoms with E-state index in [0.29, 0.717) is 5.92 Å². The molecule has 0 bridgehead atoms. The van der Waals surface area contributed by atoms with Gasteiger partial charge in [0, 0.05) is 18.4 Å². The van der Waals surface area contributed by atoms with Crippen molar-refractivity contribution < 1.29 is 0 Å². The van der Waals surface area contributed by atoms with E-state index in [9.17, 15) is 0 Å². The Morgan fingerprint density at radius 2 is 2.06 bits per heavy atom. The molecule has 2 rings (SSSR count). The fourth-order valence-electron chi connectivity index (χ4n) is 2.41. The van der Waals surface area contributed by atoms with Crippen LogP contribution in [-0.2, 0) is 0 Å². The van der Waals surface area contributed by atoms with Gasteiger partial charge >= 0.3 is 0 Å². The number of rotatable bonds is 4. The fraction of sp³-hybridized carbons (Fsp3) is 0.714. The molecule has 1 N–H and O–H groups in total. The van der Waals surface area contributed by atoms with Crippen molar-refractivity contribution in [1.82, 2.24) is 9.97 Å². The molecule has 3 heteroatoms. The van der Waals surface area contributed by atoms with Gasteiger partial charge in [0.1, 0.15) is 0 Å². The zero-order valence-electron chi connectivity index (χ0n) is 10.9. The van der Waals surface area contributed by atoms with Crippen LogP contribution in [0.4, 0.5) is 5.95 Å². The molecule has 94 valence electrons. The van der Waals surface area contributed by atoms with Gasteiger partial charge < -0.3 is 5.32 Å². The third-order valence-corrected chi connectivity index (χ3v) is 3.54. The van der Waals surface area contributed by atoms with E-state index in [2.05, 4.69) is 29.1 Å². The van der Waals surface area contributed by atoms with Crippen LogP contribution in [0.25, 0.3) is 0 Å². The van der Waals surface area contributed by atoms with Gasteiger partial charge in [0.2, 0.25) is 5.95 Å². The summed E-state index contributed by atoms with van der Waals surface area (Å²) < 4.78 is 0. The minimum atomic E-state index is 0.466. The van der Waals surface area contributed by atoms with Crippen LogP contribution in [-0.4, -0.2) is 16.5 Å². The maximum Gasteiger partial charge on any atom is 0.222 e. The van der Waals surface area contributed by atoms with Gasteiger partial charge in [-0.3, -0.25) is 0 Å². The lowest BCUT2D eigenvalue weighted by Crippen LogP contribution is -2.18. The van der Waals surface area contributed by atoms with Gasteiger partial charge in [-0.25, -0.2) is 9.97 Å². The molecule has 0 atom stereocenters. The summed E-state index contributed by atoms with van der Waals surface area (Å²) in [5, 5.41) is 3.39. The average molecular weight is 233 g/mol. The number of nitrogens with zero attached hydrogens (tertiary/aromatic N) is 2. The highest BCUT2D eigenvalue weighted by molar-refractivity contribution is 5.26. The molecule has 1 heterocycles. The Bertz CT molecular complexity index is 343.